The maximum Gasteiger partial charge on any atom is 0.197 e. The van der Waals surface area contributed by atoms with E-state index in [1.165, 1.54) is 6.26 Å². The molecule has 0 radical (unpaired) electrons. The van der Waals surface area contributed by atoms with Crippen LogP contribution in [0.25, 0.3) is 0 Å². The van der Waals surface area contributed by atoms with Crippen LogP contribution in [0.15, 0.2) is 16.9 Å². The Bertz CT molecular complexity index is 359. The van der Waals surface area contributed by atoms with Crippen LogP contribution < -0.4 is 0 Å². The number of carbonyl (C=O) groups excluding carboxylic acids is 1. The summed E-state index contributed by atoms with van der Waals surface area (Å²) >= 11 is 0. The van der Waals surface area contributed by atoms with Crippen molar-refractivity contribution in [1.82, 2.24) is 0 Å². The molecule has 1 saturated carbocycles. The van der Waals surface area contributed by atoms with Gasteiger partial charge in [-0.25, -0.2) is 0 Å². The molecule has 0 spiro atoms. The molecule has 1 heterocycles. The summed E-state index contributed by atoms with van der Waals surface area (Å²) < 4.78 is 4.97. The maximum atomic E-state index is 12.1. The van der Waals surface area contributed by atoms with Crippen molar-refractivity contribution in [3.05, 3.63) is 23.7 Å². The summed E-state index contributed by atoms with van der Waals surface area (Å²) in [6.45, 7) is 1.82. The lowest BCUT2D eigenvalue weighted by Gasteiger charge is -2.30. The van der Waals surface area contributed by atoms with Crippen LogP contribution in [0.5, 0.6) is 0 Å². The fourth-order valence-electron chi connectivity index (χ4n) is 2.21. The van der Waals surface area contributed by atoms with E-state index in [0.29, 0.717) is 18.4 Å². The summed E-state index contributed by atoms with van der Waals surface area (Å²) in [5.74, 6) is -0.173. The molecule has 0 atom stereocenters. The lowest BCUT2D eigenvalue weighted by molar-refractivity contribution is 0.0115. The first-order valence-corrected chi connectivity index (χ1v) is 5.43. The van der Waals surface area contributed by atoms with E-state index in [2.05, 4.69) is 0 Å². The quantitative estimate of drug-likeness (QED) is 0.759. The third-order valence-electron chi connectivity index (χ3n) is 3.20. The van der Waals surface area contributed by atoms with E-state index in [9.17, 15) is 9.90 Å². The molecule has 1 aliphatic rings. The summed E-state index contributed by atoms with van der Waals surface area (Å²) in [7, 11) is 0. The van der Waals surface area contributed by atoms with Gasteiger partial charge in [-0.05, 0) is 25.3 Å². The summed E-state index contributed by atoms with van der Waals surface area (Å²) in [6.07, 6.45) is 7.11. The molecule has 82 valence electrons. The van der Waals surface area contributed by atoms with E-state index in [-0.39, 0.29) is 5.78 Å². The topological polar surface area (TPSA) is 50.4 Å². The SMILES string of the molecule is Cc1cocc1C(=O)C1(O)CCCCC1. The lowest BCUT2D eigenvalue weighted by Crippen LogP contribution is -2.40. The molecule has 0 bridgehead atoms. The highest BCUT2D eigenvalue weighted by molar-refractivity contribution is 6.03. The number of hydrogen-bond acceptors (Lipinski definition) is 3. The number of carbonyl (C=O) groups is 1. The molecule has 1 aromatic rings. The Morgan fingerprint density at radius 2 is 2.00 bits per heavy atom. The molecule has 0 saturated heterocycles. The van der Waals surface area contributed by atoms with E-state index in [4.69, 9.17) is 4.42 Å². The Hall–Kier alpha value is -1.09. The van der Waals surface area contributed by atoms with Gasteiger partial charge in [0.25, 0.3) is 0 Å². The number of aliphatic hydroxyl groups is 1. The average Bonchev–Trinajstić information content (AvgIpc) is 2.64. The minimum Gasteiger partial charge on any atom is -0.472 e. The van der Waals surface area contributed by atoms with Crippen LogP contribution in [0, 0.1) is 6.92 Å². The number of rotatable bonds is 2. The fourth-order valence-corrected chi connectivity index (χ4v) is 2.21. The first kappa shape index (κ1) is 10.4. The Morgan fingerprint density at radius 1 is 1.33 bits per heavy atom. The number of ketones is 1. The van der Waals surface area contributed by atoms with Crippen molar-refractivity contribution >= 4 is 5.78 Å². The van der Waals surface area contributed by atoms with Crippen molar-refractivity contribution in [3.8, 4) is 0 Å². The van der Waals surface area contributed by atoms with Gasteiger partial charge in [-0.2, -0.15) is 0 Å². The first-order chi connectivity index (χ1) is 7.13. The Labute approximate surface area is 89.1 Å². The molecule has 1 fully saturated rings. The molecule has 1 aromatic heterocycles. The van der Waals surface area contributed by atoms with Crippen LogP contribution in [0.4, 0.5) is 0 Å². The van der Waals surface area contributed by atoms with Gasteiger partial charge in [0.05, 0.1) is 11.8 Å². The zero-order chi connectivity index (χ0) is 10.9. The minimum atomic E-state index is -1.15. The molecule has 15 heavy (non-hydrogen) atoms. The van der Waals surface area contributed by atoms with Gasteiger partial charge < -0.3 is 9.52 Å². The third kappa shape index (κ3) is 1.84. The molecule has 1 N–H and O–H groups in total. The van der Waals surface area contributed by atoms with Crippen LogP contribution in [0.1, 0.15) is 48.0 Å². The van der Waals surface area contributed by atoms with E-state index < -0.39 is 5.60 Å². The van der Waals surface area contributed by atoms with Gasteiger partial charge >= 0.3 is 0 Å². The normalized spacial score (nSPS) is 20.1. The van der Waals surface area contributed by atoms with Crippen molar-refractivity contribution in [3.63, 3.8) is 0 Å². The van der Waals surface area contributed by atoms with E-state index in [0.717, 1.165) is 24.8 Å². The summed E-state index contributed by atoms with van der Waals surface area (Å²) in [5.41, 5.74) is 0.186. The van der Waals surface area contributed by atoms with Crippen LogP contribution in [-0.4, -0.2) is 16.5 Å². The first-order valence-electron chi connectivity index (χ1n) is 5.43. The van der Waals surface area contributed by atoms with Gasteiger partial charge in [-0.15, -0.1) is 0 Å². The predicted octanol–water partition coefficient (Wildman–Crippen LogP) is 2.47. The number of Topliss-reactive ketones (excluding diaryl/α,β-unsaturated/α-hetero) is 1. The van der Waals surface area contributed by atoms with Crippen LogP contribution >= 0.6 is 0 Å². The lowest BCUT2D eigenvalue weighted by atomic mass is 9.79. The summed E-state index contributed by atoms with van der Waals surface area (Å²) in [4.78, 5) is 12.1. The molecule has 0 aromatic carbocycles. The van der Waals surface area contributed by atoms with Crippen molar-refractivity contribution < 1.29 is 14.3 Å². The van der Waals surface area contributed by atoms with Gasteiger partial charge in [0.1, 0.15) is 11.9 Å². The summed E-state index contributed by atoms with van der Waals surface area (Å²) in [6, 6.07) is 0. The Balaban J connectivity index is 2.23. The van der Waals surface area contributed by atoms with Crippen LogP contribution in [-0.2, 0) is 0 Å². The third-order valence-corrected chi connectivity index (χ3v) is 3.20. The molecule has 1 aliphatic carbocycles. The van der Waals surface area contributed by atoms with Gasteiger partial charge in [0, 0.05) is 0 Å². The van der Waals surface area contributed by atoms with Gasteiger partial charge in [0.2, 0.25) is 0 Å². The zero-order valence-electron chi connectivity index (χ0n) is 8.95. The molecular weight excluding hydrogens is 192 g/mol. The van der Waals surface area contributed by atoms with Gasteiger partial charge in [0.15, 0.2) is 5.78 Å². The number of hydrogen-bond donors (Lipinski definition) is 1. The summed E-state index contributed by atoms with van der Waals surface area (Å²) in [5, 5.41) is 10.2. The fraction of sp³-hybridized carbons (Fsp3) is 0.583. The second-order valence-corrected chi connectivity index (χ2v) is 4.39. The molecule has 2 rings (SSSR count). The maximum absolute atomic E-state index is 12.1. The molecule has 3 nitrogen and oxygen atoms in total. The number of aryl methyl sites for hydroxylation is 1. The minimum absolute atomic E-state index is 0.173. The van der Waals surface area contributed by atoms with E-state index in [1.807, 2.05) is 6.92 Å². The predicted molar refractivity (Wildman–Crippen MR) is 55.8 cm³/mol. The second-order valence-electron chi connectivity index (χ2n) is 4.39. The number of furan rings is 1. The van der Waals surface area contributed by atoms with E-state index >= 15 is 0 Å². The van der Waals surface area contributed by atoms with Crippen molar-refractivity contribution in [1.29, 1.82) is 0 Å². The highest BCUT2D eigenvalue weighted by atomic mass is 16.3. The van der Waals surface area contributed by atoms with Crippen LogP contribution in [0.2, 0.25) is 0 Å². The van der Waals surface area contributed by atoms with Gasteiger partial charge in [-0.3, -0.25) is 4.79 Å². The van der Waals surface area contributed by atoms with Gasteiger partial charge in [-0.1, -0.05) is 19.3 Å². The zero-order valence-corrected chi connectivity index (χ0v) is 8.95. The molecule has 0 unspecified atom stereocenters. The van der Waals surface area contributed by atoms with Crippen LogP contribution in [0.3, 0.4) is 0 Å². The monoisotopic (exact) mass is 208 g/mol. The second kappa shape index (κ2) is 3.81. The smallest absolute Gasteiger partial charge is 0.197 e. The van der Waals surface area contributed by atoms with Crippen molar-refractivity contribution in [2.45, 2.75) is 44.6 Å². The Kier molecular flexibility index (Phi) is 2.65. The highest BCUT2D eigenvalue weighted by Crippen LogP contribution is 2.32. The molecule has 3 heteroatoms. The molecule has 0 amide bonds. The van der Waals surface area contributed by atoms with E-state index in [1.54, 1.807) is 6.26 Å². The van der Waals surface area contributed by atoms with Crippen molar-refractivity contribution in [2.24, 2.45) is 0 Å². The molecular formula is C12H16O3. The van der Waals surface area contributed by atoms with Crippen molar-refractivity contribution in [2.75, 3.05) is 0 Å². The standard InChI is InChI=1S/C12H16O3/c1-9-7-15-8-10(9)11(13)12(14)5-3-2-4-6-12/h7-8,14H,2-6H2,1H3. The Morgan fingerprint density at radius 3 is 2.53 bits per heavy atom. The molecule has 0 aliphatic heterocycles. The largest absolute Gasteiger partial charge is 0.472 e. The highest BCUT2D eigenvalue weighted by Gasteiger charge is 2.38. The average molecular weight is 208 g/mol.